The molecule has 7 heteroatoms. The Balaban J connectivity index is 1.63. The fraction of sp³-hybridized carbons (Fsp3) is 0.200. The summed E-state index contributed by atoms with van der Waals surface area (Å²) in [7, 11) is 0. The summed E-state index contributed by atoms with van der Waals surface area (Å²) < 4.78 is 24.6. The Kier molecular flexibility index (Phi) is 4.81. The molecule has 2 unspecified atom stereocenters. The largest absolute Gasteiger partial charge is 0.507 e. The first kappa shape index (κ1) is 20.1. The van der Waals surface area contributed by atoms with Crippen LogP contribution >= 0.6 is 0 Å². The number of hydrogen-bond acceptors (Lipinski definition) is 5. The topological polar surface area (TPSA) is 80.0 Å². The van der Waals surface area contributed by atoms with Crippen LogP contribution in [0.5, 0.6) is 5.75 Å². The van der Waals surface area contributed by atoms with Gasteiger partial charge in [0.05, 0.1) is 24.4 Å². The van der Waals surface area contributed by atoms with E-state index in [2.05, 4.69) is 0 Å². The first-order valence-corrected chi connectivity index (χ1v) is 10.3. The summed E-state index contributed by atoms with van der Waals surface area (Å²) in [4.78, 5) is 27.3. The second-order valence-electron chi connectivity index (χ2n) is 8.01. The van der Waals surface area contributed by atoms with E-state index in [-0.39, 0.29) is 24.0 Å². The van der Waals surface area contributed by atoms with Gasteiger partial charge in [0.25, 0.3) is 11.7 Å². The van der Waals surface area contributed by atoms with Crippen LogP contribution in [0.15, 0.2) is 70.9 Å². The molecule has 1 fully saturated rings. The average molecular weight is 433 g/mol. The van der Waals surface area contributed by atoms with Gasteiger partial charge in [-0.1, -0.05) is 12.1 Å². The van der Waals surface area contributed by atoms with Crippen molar-refractivity contribution >= 4 is 17.4 Å². The Hall–Kier alpha value is -3.87. The van der Waals surface area contributed by atoms with Crippen LogP contribution in [0.4, 0.5) is 4.39 Å². The number of rotatable bonds is 4. The van der Waals surface area contributed by atoms with Crippen molar-refractivity contribution in [2.45, 2.75) is 32.0 Å². The maximum absolute atomic E-state index is 13.6. The number of hydrogen-bond donors (Lipinski definition) is 1. The highest BCUT2D eigenvalue weighted by molar-refractivity contribution is 6.46. The number of carbonyl (C=O) groups is 2. The van der Waals surface area contributed by atoms with Gasteiger partial charge in [-0.15, -0.1) is 0 Å². The van der Waals surface area contributed by atoms with E-state index in [4.69, 9.17) is 9.15 Å². The van der Waals surface area contributed by atoms with E-state index in [0.717, 1.165) is 11.3 Å². The molecular formula is C25H20FNO5. The molecule has 2 atom stereocenters. The number of aliphatic hydroxyl groups is 1. The van der Waals surface area contributed by atoms with E-state index in [1.165, 1.54) is 35.4 Å². The van der Waals surface area contributed by atoms with Crippen molar-refractivity contribution in [3.8, 4) is 5.75 Å². The molecule has 0 saturated carbocycles. The molecule has 6 nitrogen and oxygen atoms in total. The maximum atomic E-state index is 13.6. The number of fused-ring (bicyclic) bond motifs is 1. The summed E-state index contributed by atoms with van der Waals surface area (Å²) in [6, 6.07) is 13.2. The van der Waals surface area contributed by atoms with E-state index in [1.54, 1.807) is 30.3 Å². The number of likely N-dealkylation sites (tertiary alicyclic amines) is 1. The normalized spacial score (nSPS) is 21.6. The number of amides is 1. The van der Waals surface area contributed by atoms with Crippen molar-refractivity contribution in [2.24, 2.45) is 0 Å². The molecule has 2 aliphatic heterocycles. The van der Waals surface area contributed by atoms with E-state index in [9.17, 15) is 19.1 Å². The molecule has 32 heavy (non-hydrogen) atoms. The second-order valence-corrected chi connectivity index (χ2v) is 8.01. The summed E-state index contributed by atoms with van der Waals surface area (Å²) in [6.45, 7) is 1.99. The number of benzene rings is 2. The van der Waals surface area contributed by atoms with Gasteiger partial charge in [0.15, 0.2) is 0 Å². The molecular weight excluding hydrogens is 413 g/mol. The summed E-state index contributed by atoms with van der Waals surface area (Å²) in [5, 5.41) is 11.2. The highest BCUT2D eigenvalue weighted by atomic mass is 19.1. The number of furan rings is 1. The molecule has 2 aliphatic rings. The zero-order valence-corrected chi connectivity index (χ0v) is 17.2. The van der Waals surface area contributed by atoms with Gasteiger partial charge in [-0.05, 0) is 60.5 Å². The fourth-order valence-corrected chi connectivity index (χ4v) is 4.33. The van der Waals surface area contributed by atoms with Gasteiger partial charge in [0.2, 0.25) is 0 Å². The Morgan fingerprint density at radius 3 is 2.66 bits per heavy atom. The monoisotopic (exact) mass is 433 g/mol. The number of ether oxygens (including phenoxy) is 1. The van der Waals surface area contributed by atoms with Crippen molar-refractivity contribution in [3.05, 3.63) is 94.7 Å². The Labute approximate surface area is 183 Å². The van der Waals surface area contributed by atoms with Crippen molar-refractivity contribution in [2.75, 3.05) is 0 Å². The van der Waals surface area contributed by atoms with Crippen molar-refractivity contribution < 1.29 is 28.2 Å². The lowest BCUT2D eigenvalue weighted by molar-refractivity contribution is -0.140. The average Bonchev–Trinajstić information content (AvgIpc) is 3.48. The lowest BCUT2D eigenvalue weighted by Crippen LogP contribution is -2.29. The van der Waals surface area contributed by atoms with Gasteiger partial charge in [-0.25, -0.2) is 4.39 Å². The fourth-order valence-electron chi connectivity index (χ4n) is 4.33. The molecule has 0 aliphatic carbocycles. The molecule has 2 aromatic carbocycles. The number of nitrogens with zero attached hydrogens (tertiary/aromatic N) is 1. The van der Waals surface area contributed by atoms with Gasteiger partial charge in [0.1, 0.15) is 29.2 Å². The molecule has 0 bridgehead atoms. The van der Waals surface area contributed by atoms with Gasteiger partial charge in [-0.3, -0.25) is 9.59 Å². The van der Waals surface area contributed by atoms with E-state index in [1.807, 2.05) is 6.92 Å². The molecule has 0 radical (unpaired) electrons. The SMILES string of the molecule is CC1Cc2cc(/C(O)=C3\C(=O)C(=O)N(Cc4ccco4)C3c3ccc(F)cc3)ccc2O1. The molecule has 1 amide bonds. The molecule has 1 N–H and O–H groups in total. The molecule has 1 saturated heterocycles. The summed E-state index contributed by atoms with van der Waals surface area (Å²) in [5.41, 5.74) is 1.81. The van der Waals surface area contributed by atoms with Gasteiger partial charge in [0, 0.05) is 12.0 Å². The molecule has 1 aromatic heterocycles. The first-order chi connectivity index (χ1) is 15.4. The molecule has 162 valence electrons. The quantitative estimate of drug-likeness (QED) is 0.376. The lowest BCUT2D eigenvalue weighted by atomic mass is 9.94. The van der Waals surface area contributed by atoms with Crippen molar-refractivity contribution in [3.63, 3.8) is 0 Å². The third-order valence-corrected chi connectivity index (χ3v) is 5.80. The minimum absolute atomic E-state index is 0.0282. The van der Waals surface area contributed by atoms with E-state index >= 15 is 0 Å². The van der Waals surface area contributed by atoms with Gasteiger partial charge in [-0.2, -0.15) is 0 Å². The highest BCUT2D eigenvalue weighted by Gasteiger charge is 2.46. The molecule has 5 rings (SSSR count). The van der Waals surface area contributed by atoms with E-state index in [0.29, 0.717) is 23.3 Å². The molecule has 3 aromatic rings. The standard InChI is InChI=1S/C25H20FNO5/c1-14-11-17-12-16(6-9-20(17)32-14)23(28)21-22(15-4-7-18(26)8-5-15)27(25(30)24(21)29)13-19-3-2-10-31-19/h2-10,12,14,22,28H,11,13H2,1H3/b23-21+. The predicted octanol–water partition coefficient (Wildman–Crippen LogP) is 4.36. The zero-order valence-electron chi connectivity index (χ0n) is 17.2. The predicted molar refractivity (Wildman–Crippen MR) is 113 cm³/mol. The number of carbonyl (C=O) groups excluding carboxylic acids is 2. The third-order valence-electron chi connectivity index (χ3n) is 5.80. The minimum Gasteiger partial charge on any atom is -0.507 e. The number of aliphatic hydroxyl groups excluding tert-OH is 1. The van der Waals surface area contributed by atoms with Crippen LogP contribution in [-0.4, -0.2) is 27.8 Å². The highest BCUT2D eigenvalue weighted by Crippen LogP contribution is 2.41. The second kappa shape index (κ2) is 7.67. The number of Topliss-reactive ketones (excluding diaryl/α,β-unsaturated/α-hetero) is 1. The summed E-state index contributed by atoms with van der Waals surface area (Å²) in [5.74, 6) is -1.04. The van der Waals surface area contributed by atoms with E-state index < -0.39 is 23.5 Å². The van der Waals surface area contributed by atoms with Crippen LogP contribution in [0, 0.1) is 5.82 Å². The van der Waals surface area contributed by atoms with Crippen molar-refractivity contribution in [1.29, 1.82) is 0 Å². The molecule has 3 heterocycles. The van der Waals surface area contributed by atoms with Crippen LogP contribution < -0.4 is 4.74 Å². The third kappa shape index (κ3) is 3.36. The van der Waals surface area contributed by atoms with Crippen LogP contribution in [0.3, 0.4) is 0 Å². The van der Waals surface area contributed by atoms with Crippen LogP contribution in [0.1, 0.15) is 35.4 Å². The van der Waals surface area contributed by atoms with Crippen molar-refractivity contribution in [1.82, 2.24) is 4.90 Å². The number of halogens is 1. The van der Waals surface area contributed by atoms with Crippen LogP contribution in [0.2, 0.25) is 0 Å². The molecule has 0 spiro atoms. The lowest BCUT2D eigenvalue weighted by Gasteiger charge is -2.24. The Morgan fingerprint density at radius 2 is 1.94 bits per heavy atom. The first-order valence-electron chi connectivity index (χ1n) is 10.3. The summed E-state index contributed by atoms with van der Waals surface area (Å²) in [6.07, 6.45) is 2.19. The smallest absolute Gasteiger partial charge is 0.296 e. The van der Waals surface area contributed by atoms with Crippen LogP contribution in [0.25, 0.3) is 5.76 Å². The summed E-state index contributed by atoms with van der Waals surface area (Å²) >= 11 is 0. The Bertz CT molecular complexity index is 1230. The maximum Gasteiger partial charge on any atom is 0.296 e. The van der Waals surface area contributed by atoms with Gasteiger partial charge >= 0.3 is 0 Å². The Morgan fingerprint density at radius 1 is 1.16 bits per heavy atom. The van der Waals surface area contributed by atoms with Crippen LogP contribution in [-0.2, 0) is 22.6 Å². The van der Waals surface area contributed by atoms with Gasteiger partial charge < -0.3 is 19.2 Å². The number of ketones is 1. The minimum atomic E-state index is -0.885. The zero-order chi connectivity index (χ0) is 22.4.